The fourth-order valence-electron chi connectivity index (χ4n) is 2.37. The summed E-state index contributed by atoms with van der Waals surface area (Å²) in [6.07, 6.45) is 4.95. The van der Waals surface area contributed by atoms with Gasteiger partial charge in [-0.1, -0.05) is 17.7 Å². The van der Waals surface area contributed by atoms with Crippen molar-refractivity contribution in [2.75, 3.05) is 5.32 Å². The quantitative estimate of drug-likeness (QED) is 0.909. The molecule has 0 radical (unpaired) electrons. The van der Waals surface area contributed by atoms with Gasteiger partial charge in [0.05, 0.1) is 0 Å². The van der Waals surface area contributed by atoms with Gasteiger partial charge in [0, 0.05) is 16.9 Å². The zero-order valence-corrected chi connectivity index (χ0v) is 11.1. The van der Waals surface area contributed by atoms with E-state index >= 15 is 0 Å². The topological polar surface area (TPSA) is 42.0 Å². The maximum Gasteiger partial charge on any atom is 0.274 e. The lowest BCUT2D eigenvalue weighted by Gasteiger charge is -2.07. The van der Waals surface area contributed by atoms with Gasteiger partial charge in [-0.15, -0.1) is 0 Å². The minimum absolute atomic E-state index is 0.236. The van der Waals surface area contributed by atoms with E-state index < -0.39 is 0 Å². The third-order valence-electron chi connectivity index (χ3n) is 3.31. The van der Waals surface area contributed by atoms with Crippen LogP contribution >= 0.6 is 11.6 Å². The molecule has 3 nitrogen and oxygen atoms in total. The number of benzene rings is 1. The number of aryl methyl sites for hydroxylation is 2. The highest BCUT2D eigenvalue weighted by molar-refractivity contribution is 6.30. The molecule has 4 heteroatoms. The van der Waals surface area contributed by atoms with Gasteiger partial charge >= 0.3 is 0 Å². The molecule has 1 aliphatic carbocycles. The lowest BCUT2D eigenvalue weighted by atomic mass is 10.1. The van der Waals surface area contributed by atoms with Gasteiger partial charge in [0.1, 0.15) is 5.69 Å². The maximum atomic E-state index is 12.0. The Morgan fingerprint density at radius 3 is 2.84 bits per heavy atom. The van der Waals surface area contributed by atoms with E-state index in [2.05, 4.69) is 16.4 Å². The molecule has 1 aliphatic rings. The van der Waals surface area contributed by atoms with E-state index in [4.69, 9.17) is 11.6 Å². The molecule has 1 heterocycles. The van der Waals surface area contributed by atoms with Crippen LogP contribution in [0.2, 0.25) is 5.02 Å². The summed E-state index contributed by atoms with van der Waals surface area (Å²) in [7, 11) is 0. The molecule has 0 bridgehead atoms. The minimum Gasteiger partial charge on any atom is -0.321 e. The van der Waals surface area contributed by atoms with E-state index in [0.717, 1.165) is 18.5 Å². The van der Waals surface area contributed by atoms with E-state index in [-0.39, 0.29) is 5.91 Å². The maximum absolute atomic E-state index is 12.0. The summed E-state index contributed by atoms with van der Waals surface area (Å²) < 4.78 is 0. The number of carbonyl (C=O) groups is 1. The molecule has 0 saturated carbocycles. The molecule has 0 aliphatic heterocycles. The van der Waals surface area contributed by atoms with Gasteiger partial charge in [0.15, 0.2) is 0 Å². The predicted octanol–water partition coefficient (Wildman–Crippen LogP) is 3.48. The molecule has 0 atom stereocenters. The van der Waals surface area contributed by atoms with E-state index in [0.29, 0.717) is 10.7 Å². The molecule has 3 rings (SSSR count). The number of pyridine rings is 1. The van der Waals surface area contributed by atoms with Gasteiger partial charge in [-0.3, -0.25) is 9.78 Å². The average molecular weight is 273 g/mol. The Kier molecular flexibility index (Phi) is 3.22. The summed E-state index contributed by atoms with van der Waals surface area (Å²) in [6.45, 7) is 0. The van der Waals surface area contributed by atoms with E-state index in [1.807, 2.05) is 12.1 Å². The molecule has 0 fully saturated rings. The van der Waals surface area contributed by atoms with Crippen LogP contribution in [0.5, 0.6) is 0 Å². The SMILES string of the molecule is O=C(Nc1ccc2c(c1)CCC2)c1cc(Cl)ccn1. The van der Waals surface area contributed by atoms with Gasteiger partial charge in [0.2, 0.25) is 0 Å². The Labute approximate surface area is 116 Å². The molecule has 96 valence electrons. The van der Waals surface area contributed by atoms with Crippen LogP contribution in [0.4, 0.5) is 5.69 Å². The lowest BCUT2D eigenvalue weighted by Crippen LogP contribution is -2.13. The molecule has 19 heavy (non-hydrogen) atoms. The number of anilines is 1. The number of aromatic nitrogens is 1. The third kappa shape index (κ3) is 2.61. The van der Waals surface area contributed by atoms with Crippen molar-refractivity contribution in [1.29, 1.82) is 0 Å². The Morgan fingerprint density at radius 1 is 1.16 bits per heavy atom. The van der Waals surface area contributed by atoms with Crippen LogP contribution in [0.1, 0.15) is 28.0 Å². The van der Waals surface area contributed by atoms with E-state index in [1.54, 1.807) is 12.1 Å². The van der Waals surface area contributed by atoms with Crippen molar-refractivity contribution in [3.8, 4) is 0 Å². The molecular formula is C15H13ClN2O. The minimum atomic E-state index is -0.236. The molecular weight excluding hydrogens is 260 g/mol. The zero-order chi connectivity index (χ0) is 13.2. The second kappa shape index (κ2) is 5.02. The molecule has 1 amide bonds. The summed E-state index contributed by atoms with van der Waals surface area (Å²) in [4.78, 5) is 16.0. The van der Waals surface area contributed by atoms with Crippen LogP contribution < -0.4 is 5.32 Å². The first-order chi connectivity index (χ1) is 9.22. The summed E-state index contributed by atoms with van der Waals surface area (Å²) in [6, 6.07) is 9.28. The molecule has 1 aromatic heterocycles. The number of carbonyl (C=O) groups excluding carboxylic acids is 1. The summed E-state index contributed by atoms with van der Waals surface area (Å²) in [5.41, 5.74) is 3.86. The Hall–Kier alpha value is -1.87. The highest BCUT2D eigenvalue weighted by Gasteiger charge is 2.13. The van der Waals surface area contributed by atoms with Crippen LogP contribution in [-0.2, 0) is 12.8 Å². The Balaban J connectivity index is 1.80. The summed E-state index contributed by atoms with van der Waals surface area (Å²) in [5, 5.41) is 3.36. The largest absolute Gasteiger partial charge is 0.321 e. The van der Waals surface area contributed by atoms with Crippen LogP contribution in [-0.4, -0.2) is 10.9 Å². The standard InChI is InChI=1S/C15H13ClN2O/c16-12-6-7-17-14(9-12)15(19)18-13-5-4-10-2-1-3-11(10)8-13/h4-9H,1-3H2,(H,18,19). The van der Waals surface area contributed by atoms with Gasteiger partial charge in [-0.2, -0.15) is 0 Å². The molecule has 1 aromatic carbocycles. The highest BCUT2D eigenvalue weighted by Crippen LogP contribution is 2.25. The number of hydrogen-bond acceptors (Lipinski definition) is 2. The number of rotatable bonds is 2. The third-order valence-corrected chi connectivity index (χ3v) is 3.55. The number of hydrogen-bond donors (Lipinski definition) is 1. The number of fused-ring (bicyclic) bond motifs is 1. The second-order valence-corrected chi connectivity index (χ2v) is 5.09. The van der Waals surface area contributed by atoms with Gasteiger partial charge < -0.3 is 5.32 Å². The normalized spacial score (nSPS) is 13.1. The Morgan fingerprint density at radius 2 is 2.00 bits per heavy atom. The van der Waals surface area contributed by atoms with Crippen molar-refractivity contribution in [3.05, 3.63) is 58.4 Å². The second-order valence-electron chi connectivity index (χ2n) is 4.65. The number of nitrogens with one attached hydrogen (secondary N) is 1. The fraction of sp³-hybridized carbons (Fsp3) is 0.200. The monoisotopic (exact) mass is 272 g/mol. The highest BCUT2D eigenvalue weighted by atomic mass is 35.5. The molecule has 0 unspecified atom stereocenters. The summed E-state index contributed by atoms with van der Waals surface area (Å²) >= 11 is 5.85. The fourth-order valence-corrected chi connectivity index (χ4v) is 2.53. The number of halogens is 1. The molecule has 1 N–H and O–H groups in total. The van der Waals surface area contributed by atoms with Gasteiger partial charge in [0.25, 0.3) is 5.91 Å². The first kappa shape index (κ1) is 12.2. The van der Waals surface area contributed by atoms with Crippen molar-refractivity contribution >= 4 is 23.2 Å². The van der Waals surface area contributed by atoms with Crippen LogP contribution in [0, 0.1) is 0 Å². The number of amides is 1. The zero-order valence-electron chi connectivity index (χ0n) is 10.3. The van der Waals surface area contributed by atoms with Crippen molar-refractivity contribution in [2.45, 2.75) is 19.3 Å². The molecule has 0 spiro atoms. The van der Waals surface area contributed by atoms with Crippen molar-refractivity contribution in [2.24, 2.45) is 0 Å². The number of nitrogens with zero attached hydrogens (tertiary/aromatic N) is 1. The average Bonchev–Trinajstić information content (AvgIpc) is 2.86. The van der Waals surface area contributed by atoms with Crippen molar-refractivity contribution in [3.63, 3.8) is 0 Å². The molecule has 0 saturated heterocycles. The van der Waals surface area contributed by atoms with E-state index in [9.17, 15) is 4.79 Å². The molecule has 2 aromatic rings. The van der Waals surface area contributed by atoms with Gasteiger partial charge in [-0.05, 0) is 54.7 Å². The van der Waals surface area contributed by atoms with Crippen LogP contribution in [0.3, 0.4) is 0 Å². The summed E-state index contributed by atoms with van der Waals surface area (Å²) in [5.74, 6) is -0.236. The first-order valence-corrected chi connectivity index (χ1v) is 6.65. The van der Waals surface area contributed by atoms with Crippen LogP contribution in [0.25, 0.3) is 0 Å². The smallest absolute Gasteiger partial charge is 0.274 e. The lowest BCUT2D eigenvalue weighted by molar-refractivity contribution is 0.102. The first-order valence-electron chi connectivity index (χ1n) is 6.27. The van der Waals surface area contributed by atoms with Crippen molar-refractivity contribution < 1.29 is 4.79 Å². The van der Waals surface area contributed by atoms with Gasteiger partial charge in [-0.25, -0.2) is 0 Å². The Bertz CT molecular complexity index is 640. The van der Waals surface area contributed by atoms with Crippen LogP contribution in [0.15, 0.2) is 36.5 Å². The van der Waals surface area contributed by atoms with E-state index in [1.165, 1.54) is 23.7 Å². The van der Waals surface area contributed by atoms with Crippen molar-refractivity contribution in [1.82, 2.24) is 4.98 Å². The predicted molar refractivity (Wildman–Crippen MR) is 75.7 cm³/mol.